The minimum Gasteiger partial charge on any atom is -0.748 e. The van der Waals surface area contributed by atoms with Crippen LogP contribution in [-0.2, 0) is 17.1 Å². The van der Waals surface area contributed by atoms with Gasteiger partial charge in [0.25, 0.3) is 0 Å². The Balaban J connectivity index is 0.000000684. The SMILES string of the molecule is [Fe].[N-]=[N+]=NCCC(N=[N+]=[N-])[c-]1cccc1C(=O)O.[cH-]1[cH-][cH-][cH-][cH-]1. The second-order valence-electron chi connectivity index (χ2n) is 4.13. The molecule has 0 aliphatic rings. The van der Waals surface area contributed by atoms with E-state index < -0.39 is 12.0 Å². The maximum absolute atomic E-state index is 10.9. The van der Waals surface area contributed by atoms with Crippen LogP contribution in [-0.4, -0.2) is 17.6 Å². The van der Waals surface area contributed by atoms with Crippen molar-refractivity contribution < 1.29 is 27.0 Å². The van der Waals surface area contributed by atoms with E-state index in [1.807, 2.05) is 30.3 Å². The Morgan fingerprint density at radius 3 is 2.35 bits per heavy atom. The van der Waals surface area contributed by atoms with Crippen molar-refractivity contribution in [1.82, 2.24) is 0 Å². The minimum atomic E-state index is -1.08. The Kier molecular flexibility index (Phi) is 10.5. The number of carboxylic acid groups (broad SMARTS) is 1. The third kappa shape index (κ3) is 7.22. The van der Waals surface area contributed by atoms with Crippen LogP contribution >= 0.6 is 0 Å². The van der Waals surface area contributed by atoms with Gasteiger partial charge in [-0.05, 0) is 17.5 Å². The number of carboxylic acids is 1. The first kappa shape index (κ1) is 20.3. The summed E-state index contributed by atoms with van der Waals surface area (Å²) in [5.74, 6) is -1.08. The Labute approximate surface area is 143 Å². The van der Waals surface area contributed by atoms with Gasteiger partial charge < -0.3 is 40.2 Å². The van der Waals surface area contributed by atoms with Crippen LogP contribution in [0, 0.1) is 0 Å². The summed E-state index contributed by atoms with van der Waals surface area (Å²) in [7, 11) is 0. The summed E-state index contributed by atoms with van der Waals surface area (Å²) >= 11 is 0. The number of hydrogen-bond acceptors (Lipinski definition) is 3. The van der Waals surface area contributed by atoms with Crippen molar-refractivity contribution in [1.29, 1.82) is 0 Å². The minimum absolute atomic E-state index is 0. The first-order valence-corrected chi connectivity index (χ1v) is 6.41. The zero-order chi connectivity index (χ0) is 16.2. The van der Waals surface area contributed by atoms with E-state index in [0.717, 1.165) is 0 Å². The molecule has 0 heterocycles. The molecule has 0 radical (unpaired) electrons. The number of carbonyl (C=O) groups is 1. The van der Waals surface area contributed by atoms with Gasteiger partial charge in [-0.15, -0.1) is 11.6 Å². The van der Waals surface area contributed by atoms with Gasteiger partial charge in [-0.2, -0.15) is 12.1 Å². The normalized spacial score (nSPS) is 9.91. The average Bonchev–Trinajstić information content (AvgIpc) is 3.20. The van der Waals surface area contributed by atoms with Crippen LogP contribution in [0.2, 0.25) is 0 Å². The summed E-state index contributed by atoms with van der Waals surface area (Å²) in [5, 5.41) is 15.8. The van der Waals surface area contributed by atoms with Crippen molar-refractivity contribution in [2.75, 3.05) is 6.54 Å². The van der Waals surface area contributed by atoms with Gasteiger partial charge in [0.1, 0.15) is 0 Å². The fourth-order valence-corrected chi connectivity index (χ4v) is 1.80. The molecule has 23 heavy (non-hydrogen) atoms. The van der Waals surface area contributed by atoms with Gasteiger partial charge >= 0.3 is 0 Å². The van der Waals surface area contributed by atoms with E-state index in [2.05, 4.69) is 20.1 Å². The standard InChI is InChI=1S/C9H9N6O2.C5H5.Fe/c10-14-12-5-4-8(13-15-11)6-2-1-3-7(6)9(16)17;1-2-4-5-3-1;/h1-3,8H,4-5H2,(H,16,17);1-5H;/q-1;-5;. The van der Waals surface area contributed by atoms with Gasteiger partial charge in [0.2, 0.25) is 5.97 Å². The number of nitrogens with zero attached hydrogens (tertiary/aromatic N) is 6. The van der Waals surface area contributed by atoms with Crippen molar-refractivity contribution in [3.8, 4) is 0 Å². The van der Waals surface area contributed by atoms with Gasteiger partial charge in [-0.3, -0.25) is 0 Å². The third-order valence-corrected chi connectivity index (χ3v) is 2.75. The van der Waals surface area contributed by atoms with Crippen LogP contribution in [0.15, 0.2) is 58.8 Å². The number of hydrogen-bond donors (Lipinski definition) is 1. The Morgan fingerprint density at radius 1 is 1.26 bits per heavy atom. The van der Waals surface area contributed by atoms with E-state index in [0.29, 0.717) is 5.56 Å². The molecule has 1 N–H and O–H groups in total. The molecule has 1 atom stereocenters. The maximum atomic E-state index is 10.9. The first-order chi connectivity index (χ1) is 10.7. The topological polar surface area (TPSA) is 135 Å². The third-order valence-electron chi connectivity index (χ3n) is 2.75. The van der Waals surface area contributed by atoms with Crippen LogP contribution in [0.1, 0.15) is 28.4 Å². The Hall–Kier alpha value is -2.69. The monoisotopic (exact) mass is 354 g/mol. The molecule has 9 heteroatoms. The molecule has 0 amide bonds. The molecule has 0 aliphatic heterocycles. The van der Waals surface area contributed by atoms with Gasteiger partial charge in [-0.1, -0.05) is 15.8 Å². The fourth-order valence-electron chi connectivity index (χ4n) is 1.80. The molecule has 2 rings (SSSR count). The summed E-state index contributed by atoms with van der Waals surface area (Å²) in [5.41, 5.74) is 17.1. The fraction of sp³-hybridized carbons (Fsp3) is 0.214. The summed E-state index contributed by atoms with van der Waals surface area (Å²) in [6, 6.07) is 14.0. The number of azide groups is 2. The van der Waals surface area contributed by atoms with Crippen molar-refractivity contribution in [3.63, 3.8) is 0 Å². The number of rotatable bonds is 6. The van der Waals surface area contributed by atoms with E-state index in [1.54, 1.807) is 12.1 Å². The quantitative estimate of drug-likeness (QED) is 0.267. The molecule has 0 saturated carbocycles. The maximum Gasteiger partial charge on any atom is 0.247 e. The zero-order valence-corrected chi connectivity index (χ0v) is 13.1. The molecular weight excluding hydrogens is 340 g/mol. The largest absolute Gasteiger partial charge is 0.748 e. The molecule has 8 nitrogen and oxygen atoms in total. The van der Waals surface area contributed by atoms with Crippen molar-refractivity contribution >= 4 is 5.97 Å². The molecule has 0 aliphatic carbocycles. The van der Waals surface area contributed by atoms with E-state index in [4.69, 9.17) is 16.2 Å². The average molecular weight is 354 g/mol. The predicted molar refractivity (Wildman–Crippen MR) is 81.5 cm³/mol. The smallest absolute Gasteiger partial charge is 0.247 e. The van der Waals surface area contributed by atoms with Crippen LogP contribution in [0.4, 0.5) is 0 Å². The molecule has 2 aromatic carbocycles. The number of aromatic carboxylic acids is 1. The second kappa shape index (κ2) is 11.9. The van der Waals surface area contributed by atoms with E-state index in [-0.39, 0.29) is 35.6 Å². The van der Waals surface area contributed by atoms with E-state index in [1.165, 1.54) is 6.07 Å². The molecule has 0 bridgehead atoms. The van der Waals surface area contributed by atoms with Crippen molar-refractivity contribution in [3.05, 3.63) is 80.5 Å². The molecule has 0 fully saturated rings. The summed E-state index contributed by atoms with van der Waals surface area (Å²) in [6.07, 6.45) is 0.276. The molecular formula is C14H14FeN6O2-6. The summed E-state index contributed by atoms with van der Waals surface area (Å²) in [6.45, 7) is 0.143. The van der Waals surface area contributed by atoms with Gasteiger partial charge in [-0.25, -0.2) is 0 Å². The Morgan fingerprint density at radius 2 is 1.87 bits per heavy atom. The van der Waals surface area contributed by atoms with Crippen LogP contribution in [0.25, 0.3) is 20.9 Å². The molecule has 1 unspecified atom stereocenters. The molecule has 0 aromatic heterocycles. The second-order valence-corrected chi connectivity index (χ2v) is 4.13. The van der Waals surface area contributed by atoms with Crippen molar-refractivity contribution in [2.45, 2.75) is 12.5 Å². The summed E-state index contributed by atoms with van der Waals surface area (Å²) in [4.78, 5) is 16.2. The summed E-state index contributed by atoms with van der Waals surface area (Å²) < 4.78 is 0. The predicted octanol–water partition coefficient (Wildman–Crippen LogP) is 4.56. The van der Waals surface area contributed by atoms with Crippen LogP contribution in [0.3, 0.4) is 0 Å². The molecule has 0 spiro atoms. The van der Waals surface area contributed by atoms with E-state index >= 15 is 0 Å². The van der Waals surface area contributed by atoms with Crippen LogP contribution < -0.4 is 0 Å². The molecule has 2 aromatic rings. The van der Waals surface area contributed by atoms with E-state index in [9.17, 15) is 4.79 Å². The van der Waals surface area contributed by atoms with Crippen LogP contribution in [0.5, 0.6) is 0 Å². The molecule has 0 saturated heterocycles. The molecule has 126 valence electrons. The van der Waals surface area contributed by atoms with Gasteiger partial charge in [0, 0.05) is 39.5 Å². The van der Waals surface area contributed by atoms with Gasteiger partial charge in [0.05, 0.1) is 0 Å². The van der Waals surface area contributed by atoms with Crippen molar-refractivity contribution in [2.24, 2.45) is 10.2 Å². The first-order valence-electron chi connectivity index (χ1n) is 6.41. The Bertz CT molecular complexity index is 652. The van der Waals surface area contributed by atoms with Gasteiger partial charge in [0.15, 0.2) is 0 Å². The zero-order valence-electron chi connectivity index (χ0n) is 12.0.